The highest BCUT2D eigenvalue weighted by Gasteiger charge is 2.44. The Morgan fingerprint density at radius 3 is 2.69 bits per heavy atom. The van der Waals surface area contributed by atoms with Crippen molar-refractivity contribution in [2.75, 3.05) is 18.5 Å². The summed E-state index contributed by atoms with van der Waals surface area (Å²) in [7, 11) is 0. The minimum Gasteiger partial charge on any atom is -0.481 e. The number of hydrogen-bond donors (Lipinski definition) is 4. The van der Waals surface area contributed by atoms with E-state index in [2.05, 4.69) is 37.1 Å². The maximum absolute atomic E-state index is 10.5. The van der Waals surface area contributed by atoms with Gasteiger partial charge in [-0.2, -0.15) is 0 Å². The molecule has 4 N–H and O–H groups in total. The number of nitrogens with one attached hydrogen (secondary N) is 1. The summed E-state index contributed by atoms with van der Waals surface area (Å²) in [6, 6.07) is 12.9. The summed E-state index contributed by atoms with van der Waals surface area (Å²) in [6.45, 7) is -0.312. The summed E-state index contributed by atoms with van der Waals surface area (Å²) >= 11 is 0. The van der Waals surface area contributed by atoms with Crippen molar-refractivity contribution in [1.82, 2.24) is 24.5 Å². The molecular weight excluding hydrogens is 452 g/mol. The van der Waals surface area contributed by atoms with E-state index in [0.717, 1.165) is 0 Å². The lowest BCUT2D eigenvalue weighted by Gasteiger charge is -2.16. The van der Waals surface area contributed by atoms with Crippen LogP contribution in [0.5, 0.6) is 5.75 Å². The molecule has 1 saturated heterocycles. The molecular formula is C24H22N6O5. The van der Waals surface area contributed by atoms with Gasteiger partial charge in [-0.05, 0) is 30.2 Å². The van der Waals surface area contributed by atoms with Crippen LogP contribution in [-0.4, -0.2) is 71.3 Å². The Hall–Kier alpha value is -4.08. The van der Waals surface area contributed by atoms with Crippen molar-refractivity contribution < 1.29 is 24.8 Å². The monoisotopic (exact) mass is 474 g/mol. The number of aromatic nitrogens is 5. The molecule has 4 atom stereocenters. The Morgan fingerprint density at radius 1 is 1.09 bits per heavy atom. The molecule has 11 heteroatoms. The maximum Gasteiger partial charge on any atom is 0.209 e. The third kappa shape index (κ3) is 4.77. The summed E-state index contributed by atoms with van der Waals surface area (Å²) < 4.78 is 12.8. The van der Waals surface area contributed by atoms with Crippen molar-refractivity contribution in [3.8, 4) is 17.6 Å². The Balaban J connectivity index is 1.49. The predicted molar refractivity (Wildman–Crippen MR) is 125 cm³/mol. The van der Waals surface area contributed by atoms with Gasteiger partial charge in [-0.25, -0.2) is 15.0 Å². The smallest absolute Gasteiger partial charge is 0.209 e. The first-order valence-electron chi connectivity index (χ1n) is 10.8. The Kier molecular flexibility index (Phi) is 6.51. The normalized spacial score (nSPS) is 21.5. The molecule has 11 nitrogen and oxygen atoms in total. The average Bonchev–Trinajstić information content (AvgIpc) is 3.44. The van der Waals surface area contributed by atoms with E-state index in [9.17, 15) is 15.3 Å². The SMILES string of the molecule is OC[C@H]1O[C@@H](n2cnc3c(Nc4cccnc4)nc(C#CCOc4ccccc4)nc32)[C@H](O)[C@@H]1O. The minimum absolute atomic E-state index is 0.130. The molecule has 5 rings (SSSR count). The van der Waals surface area contributed by atoms with E-state index in [0.29, 0.717) is 28.4 Å². The zero-order valence-electron chi connectivity index (χ0n) is 18.4. The standard InChI is InChI=1S/C24H22N6O5/c31-13-17-20(32)21(33)24(35-17)30-14-26-19-22(27-15-6-4-10-25-12-15)28-18(29-23(19)30)9-5-11-34-16-7-2-1-3-8-16/h1-4,6-8,10,12,14,17,20-21,24,31-33H,11,13H2,(H,27,28,29)/t17-,20-,21-,24-/m1/s1. The van der Waals surface area contributed by atoms with Crippen molar-refractivity contribution >= 4 is 22.7 Å². The fourth-order valence-corrected chi connectivity index (χ4v) is 3.68. The molecule has 0 aliphatic carbocycles. The van der Waals surface area contributed by atoms with Gasteiger partial charge >= 0.3 is 0 Å². The number of hydrogen-bond acceptors (Lipinski definition) is 10. The van der Waals surface area contributed by atoms with E-state index < -0.39 is 31.1 Å². The van der Waals surface area contributed by atoms with Gasteiger partial charge in [0.2, 0.25) is 5.82 Å². The zero-order valence-corrected chi connectivity index (χ0v) is 18.4. The molecule has 1 aromatic carbocycles. The van der Waals surface area contributed by atoms with E-state index in [1.807, 2.05) is 36.4 Å². The summed E-state index contributed by atoms with van der Waals surface area (Å²) in [4.78, 5) is 17.5. The van der Waals surface area contributed by atoms with Crippen LogP contribution in [0.4, 0.5) is 11.5 Å². The van der Waals surface area contributed by atoms with Crippen molar-refractivity contribution in [2.45, 2.75) is 24.5 Å². The van der Waals surface area contributed by atoms with Crippen molar-refractivity contribution in [3.05, 3.63) is 67.0 Å². The molecule has 1 aliphatic heterocycles. The molecule has 0 amide bonds. The summed E-state index contributed by atoms with van der Waals surface area (Å²) in [5.74, 6) is 7.05. The number of pyridine rings is 1. The largest absolute Gasteiger partial charge is 0.481 e. The molecule has 0 bridgehead atoms. The first-order valence-corrected chi connectivity index (χ1v) is 10.8. The van der Waals surface area contributed by atoms with Crippen LogP contribution in [0, 0.1) is 11.8 Å². The van der Waals surface area contributed by atoms with Gasteiger partial charge in [0, 0.05) is 6.20 Å². The van der Waals surface area contributed by atoms with E-state index in [1.165, 1.54) is 10.9 Å². The first kappa shape index (κ1) is 22.7. The Labute approximate surface area is 200 Å². The summed E-state index contributed by atoms with van der Waals surface area (Å²) in [5.41, 5.74) is 1.41. The fourth-order valence-electron chi connectivity index (χ4n) is 3.68. The van der Waals surface area contributed by atoms with Crippen LogP contribution >= 0.6 is 0 Å². The first-order chi connectivity index (χ1) is 17.1. The number of aliphatic hydroxyl groups excluding tert-OH is 3. The number of rotatable bonds is 6. The van der Waals surface area contributed by atoms with Gasteiger partial charge in [0.05, 0.1) is 24.8 Å². The lowest BCUT2D eigenvalue weighted by molar-refractivity contribution is -0.0511. The molecule has 0 saturated carbocycles. The number of anilines is 2. The van der Waals surface area contributed by atoms with E-state index >= 15 is 0 Å². The quantitative estimate of drug-likeness (QED) is 0.298. The molecule has 4 heterocycles. The number of aliphatic hydroxyl groups is 3. The number of benzene rings is 1. The third-order valence-corrected chi connectivity index (χ3v) is 5.39. The topological polar surface area (TPSA) is 148 Å². The highest BCUT2D eigenvalue weighted by molar-refractivity contribution is 5.85. The number of ether oxygens (including phenoxy) is 2. The number of fused-ring (bicyclic) bond motifs is 1. The molecule has 35 heavy (non-hydrogen) atoms. The van der Waals surface area contributed by atoms with Crippen LogP contribution in [0.2, 0.25) is 0 Å². The van der Waals surface area contributed by atoms with Crippen molar-refractivity contribution in [1.29, 1.82) is 0 Å². The van der Waals surface area contributed by atoms with Gasteiger partial charge in [-0.3, -0.25) is 9.55 Å². The number of para-hydroxylation sites is 1. The molecule has 4 aromatic rings. The molecule has 1 aliphatic rings. The molecule has 1 fully saturated rings. The van der Waals surface area contributed by atoms with Gasteiger partial charge in [-0.1, -0.05) is 24.1 Å². The highest BCUT2D eigenvalue weighted by Crippen LogP contribution is 2.32. The lowest BCUT2D eigenvalue weighted by Crippen LogP contribution is -2.33. The van der Waals surface area contributed by atoms with E-state index in [1.54, 1.807) is 18.5 Å². The second-order valence-corrected chi connectivity index (χ2v) is 7.72. The molecule has 178 valence electrons. The second kappa shape index (κ2) is 10.0. The van der Waals surface area contributed by atoms with Crippen LogP contribution in [0.25, 0.3) is 11.2 Å². The Bertz CT molecular complexity index is 1350. The zero-order chi connectivity index (χ0) is 24.2. The van der Waals surface area contributed by atoms with Crippen molar-refractivity contribution in [3.63, 3.8) is 0 Å². The van der Waals surface area contributed by atoms with E-state index in [-0.39, 0.29) is 12.4 Å². The van der Waals surface area contributed by atoms with Crippen molar-refractivity contribution in [2.24, 2.45) is 0 Å². The van der Waals surface area contributed by atoms with Crippen LogP contribution in [0.3, 0.4) is 0 Å². The predicted octanol–water partition coefficient (Wildman–Crippen LogP) is 1.01. The molecule has 0 radical (unpaired) electrons. The highest BCUT2D eigenvalue weighted by atomic mass is 16.6. The second-order valence-electron chi connectivity index (χ2n) is 7.72. The molecule has 0 unspecified atom stereocenters. The fraction of sp³-hybridized carbons (Fsp3) is 0.250. The van der Waals surface area contributed by atoms with E-state index in [4.69, 9.17) is 9.47 Å². The van der Waals surface area contributed by atoms with Crippen LogP contribution in [0.15, 0.2) is 61.2 Å². The molecule has 3 aromatic heterocycles. The number of imidazole rings is 1. The lowest BCUT2D eigenvalue weighted by atomic mass is 10.1. The average molecular weight is 474 g/mol. The minimum atomic E-state index is -1.29. The van der Waals surface area contributed by atoms with Gasteiger partial charge in [0.25, 0.3) is 0 Å². The maximum atomic E-state index is 10.5. The van der Waals surface area contributed by atoms with Crippen LogP contribution in [0.1, 0.15) is 12.1 Å². The third-order valence-electron chi connectivity index (χ3n) is 5.39. The summed E-state index contributed by atoms with van der Waals surface area (Å²) in [6.07, 6.45) is 0.239. The molecule has 0 spiro atoms. The van der Waals surface area contributed by atoms with Gasteiger partial charge in [0.1, 0.15) is 30.7 Å². The van der Waals surface area contributed by atoms with Gasteiger partial charge in [-0.15, -0.1) is 0 Å². The van der Waals surface area contributed by atoms with Gasteiger partial charge < -0.3 is 30.1 Å². The van der Waals surface area contributed by atoms with Crippen LogP contribution in [-0.2, 0) is 4.74 Å². The van der Waals surface area contributed by atoms with Gasteiger partial charge in [0.15, 0.2) is 23.2 Å². The summed E-state index contributed by atoms with van der Waals surface area (Å²) in [5, 5.41) is 33.3. The van der Waals surface area contributed by atoms with Crippen LogP contribution < -0.4 is 10.1 Å². The number of nitrogens with zero attached hydrogens (tertiary/aromatic N) is 5. The Morgan fingerprint density at radius 2 is 1.94 bits per heavy atom.